The molecular formula is C13H15NO3. The molecule has 0 aliphatic carbocycles. The average Bonchev–Trinajstić information content (AvgIpc) is 2.70. The van der Waals surface area contributed by atoms with Crippen LogP contribution in [-0.4, -0.2) is 35.6 Å². The van der Waals surface area contributed by atoms with Gasteiger partial charge < -0.3 is 14.4 Å². The summed E-state index contributed by atoms with van der Waals surface area (Å²) in [7, 11) is 1.66. The molecule has 1 atom stereocenters. The standard InChI is InChI=1S/C13H15NO3/c1-9(15)7-14(2)13(16)11-8-17-12-6-4-3-5-10(11)12/h3-6,8-9,15H,7H2,1-2H3. The second-order valence-corrected chi connectivity index (χ2v) is 4.18. The van der Waals surface area contributed by atoms with Gasteiger partial charge in [-0.25, -0.2) is 0 Å². The molecule has 1 heterocycles. The monoisotopic (exact) mass is 233 g/mol. The highest BCUT2D eigenvalue weighted by molar-refractivity contribution is 6.05. The number of aliphatic hydroxyl groups excluding tert-OH is 1. The fraction of sp³-hybridized carbons (Fsp3) is 0.308. The first-order valence-corrected chi connectivity index (χ1v) is 5.49. The fourth-order valence-corrected chi connectivity index (χ4v) is 1.83. The number of carbonyl (C=O) groups excluding carboxylic acids is 1. The topological polar surface area (TPSA) is 53.7 Å². The third-order valence-corrected chi connectivity index (χ3v) is 2.60. The number of hydrogen-bond acceptors (Lipinski definition) is 3. The van der Waals surface area contributed by atoms with E-state index < -0.39 is 6.10 Å². The molecular weight excluding hydrogens is 218 g/mol. The first kappa shape index (κ1) is 11.7. The number of aliphatic hydroxyl groups is 1. The van der Waals surface area contributed by atoms with Crippen LogP contribution in [0.1, 0.15) is 17.3 Å². The van der Waals surface area contributed by atoms with Gasteiger partial charge in [-0.3, -0.25) is 4.79 Å². The Morgan fingerprint density at radius 2 is 2.18 bits per heavy atom. The SMILES string of the molecule is CC(O)CN(C)C(=O)c1coc2ccccc12. The zero-order chi connectivity index (χ0) is 12.4. The highest BCUT2D eigenvalue weighted by atomic mass is 16.3. The molecule has 2 rings (SSSR count). The molecule has 90 valence electrons. The zero-order valence-electron chi connectivity index (χ0n) is 9.88. The molecule has 1 amide bonds. The van der Waals surface area contributed by atoms with Crippen LogP contribution in [-0.2, 0) is 0 Å². The fourth-order valence-electron chi connectivity index (χ4n) is 1.83. The molecule has 1 unspecified atom stereocenters. The molecule has 17 heavy (non-hydrogen) atoms. The van der Waals surface area contributed by atoms with Crippen molar-refractivity contribution < 1.29 is 14.3 Å². The van der Waals surface area contributed by atoms with E-state index >= 15 is 0 Å². The third kappa shape index (κ3) is 2.31. The Balaban J connectivity index is 2.30. The molecule has 0 radical (unpaired) electrons. The van der Waals surface area contributed by atoms with Crippen LogP contribution in [0.25, 0.3) is 11.0 Å². The Hall–Kier alpha value is -1.81. The van der Waals surface area contributed by atoms with E-state index in [1.54, 1.807) is 14.0 Å². The van der Waals surface area contributed by atoms with Gasteiger partial charge in [0.05, 0.1) is 11.7 Å². The molecule has 4 heteroatoms. The minimum absolute atomic E-state index is 0.143. The van der Waals surface area contributed by atoms with Crippen molar-refractivity contribution in [3.8, 4) is 0 Å². The predicted molar refractivity (Wildman–Crippen MR) is 64.9 cm³/mol. The first-order chi connectivity index (χ1) is 8.09. The number of para-hydroxylation sites is 1. The van der Waals surface area contributed by atoms with E-state index in [1.807, 2.05) is 24.3 Å². The Labute approximate surface area is 99.4 Å². The molecule has 0 aliphatic rings. The molecule has 0 saturated carbocycles. The van der Waals surface area contributed by atoms with Crippen molar-refractivity contribution in [2.75, 3.05) is 13.6 Å². The summed E-state index contributed by atoms with van der Waals surface area (Å²) in [6.45, 7) is 1.95. The van der Waals surface area contributed by atoms with Crippen LogP contribution in [0.4, 0.5) is 0 Å². The lowest BCUT2D eigenvalue weighted by molar-refractivity contribution is 0.0704. The highest BCUT2D eigenvalue weighted by Crippen LogP contribution is 2.21. The maximum absolute atomic E-state index is 12.1. The number of hydrogen-bond donors (Lipinski definition) is 1. The summed E-state index contributed by atoms with van der Waals surface area (Å²) in [5, 5.41) is 10.1. The van der Waals surface area contributed by atoms with Crippen LogP contribution in [0.5, 0.6) is 0 Å². The summed E-state index contributed by atoms with van der Waals surface area (Å²) in [5.74, 6) is -0.143. The molecule has 1 aromatic heterocycles. The quantitative estimate of drug-likeness (QED) is 0.880. The van der Waals surface area contributed by atoms with Crippen molar-refractivity contribution in [1.82, 2.24) is 4.90 Å². The van der Waals surface area contributed by atoms with Gasteiger partial charge in [0.15, 0.2) is 0 Å². The van der Waals surface area contributed by atoms with Crippen molar-refractivity contribution in [2.45, 2.75) is 13.0 Å². The number of rotatable bonds is 3. The number of furan rings is 1. The summed E-state index contributed by atoms with van der Waals surface area (Å²) >= 11 is 0. The van der Waals surface area contributed by atoms with E-state index in [2.05, 4.69) is 0 Å². The van der Waals surface area contributed by atoms with Crippen molar-refractivity contribution in [3.05, 3.63) is 36.1 Å². The Kier molecular flexibility index (Phi) is 3.15. The van der Waals surface area contributed by atoms with Crippen molar-refractivity contribution in [3.63, 3.8) is 0 Å². The van der Waals surface area contributed by atoms with Gasteiger partial charge in [-0.1, -0.05) is 18.2 Å². The van der Waals surface area contributed by atoms with Crippen LogP contribution in [0.15, 0.2) is 34.9 Å². The lowest BCUT2D eigenvalue weighted by atomic mass is 10.1. The van der Waals surface area contributed by atoms with Crippen molar-refractivity contribution >= 4 is 16.9 Å². The van der Waals surface area contributed by atoms with Gasteiger partial charge in [0.25, 0.3) is 5.91 Å². The second-order valence-electron chi connectivity index (χ2n) is 4.18. The minimum atomic E-state index is -0.540. The third-order valence-electron chi connectivity index (χ3n) is 2.60. The number of likely N-dealkylation sites (N-methyl/N-ethyl adjacent to an activating group) is 1. The molecule has 4 nitrogen and oxygen atoms in total. The molecule has 0 spiro atoms. The Bertz CT molecular complexity index is 530. The van der Waals surface area contributed by atoms with Gasteiger partial charge in [0, 0.05) is 19.0 Å². The first-order valence-electron chi connectivity index (χ1n) is 5.49. The average molecular weight is 233 g/mol. The van der Waals surface area contributed by atoms with Crippen LogP contribution in [0, 0.1) is 0 Å². The number of amides is 1. The maximum atomic E-state index is 12.1. The lowest BCUT2D eigenvalue weighted by Crippen LogP contribution is -2.32. The number of fused-ring (bicyclic) bond motifs is 1. The number of benzene rings is 1. The smallest absolute Gasteiger partial charge is 0.257 e. The van der Waals surface area contributed by atoms with Gasteiger partial charge in [0.1, 0.15) is 11.8 Å². The van der Waals surface area contributed by atoms with E-state index in [4.69, 9.17) is 4.42 Å². The van der Waals surface area contributed by atoms with Crippen LogP contribution < -0.4 is 0 Å². The normalized spacial score (nSPS) is 12.6. The van der Waals surface area contributed by atoms with Crippen LogP contribution in [0.3, 0.4) is 0 Å². The molecule has 1 N–H and O–H groups in total. The lowest BCUT2D eigenvalue weighted by Gasteiger charge is -2.17. The van der Waals surface area contributed by atoms with E-state index in [-0.39, 0.29) is 5.91 Å². The predicted octanol–water partition coefficient (Wildman–Crippen LogP) is 1.89. The highest BCUT2D eigenvalue weighted by Gasteiger charge is 2.18. The molecule has 0 saturated heterocycles. The number of carbonyl (C=O) groups is 1. The summed E-state index contributed by atoms with van der Waals surface area (Å²) in [4.78, 5) is 13.6. The maximum Gasteiger partial charge on any atom is 0.257 e. The van der Waals surface area contributed by atoms with Crippen LogP contribution >= 0.6 is 0 Å². The molecule has 0 fully saturated rings. The number of nitrogens with zero attached hydrogens (tertiary/aromatic N) is 1. The van der Waals surface area contributed by atoms with Gasteiger partial charge in [-0.15, -0.1) is 0 Å². The van der Waals surface area contributed by atoms with Gasteiger partial charge in [0.2, 0.25) is 0 Å². The van der Waals surface area contributed by atoms with E-state index in [9.17, 15) is 9.90 Å². The van der Waals surface area contributed by atoms with Gasteiger partial charge in [-0.2, -0.15) is 0 Å². The molecule has 0 bridgehead atoms. The summed E-state index contributed by atoms with van der Waals surface area (Å²) in [5.41, 5.74) is 1.23. The van der Waals surface area contributed by atoms with E-state index in [1.165, 1.54) is 11.2 Å². The summed E-state index contributed by atoms with van der Waals surface area (Å²) < 4.78 is 5.32. The van der Waals surface area contributed by atoms with Gasteiger partial charge in [-0.05, 0) is 13.0 Å². The van der Waals surface area contributed by atoms with Gasteiger partial charge >= 0.3 is 0 Å². The Morgan fingerprint density at radius 1 is 1.47 bits per heavy atom. The summed E-state index contributed by atoms with van der Waals surface area (Å²) in [6, 6.07) is 7.39. The Morgan fingerprint density at radius 3 is 2.88 bits per heavy atom. The minimum Gasteiger partial charge on any atom is -0.463 e. The largest absolute Gasteiger partial charge is 0.463 e. The molecule has 2 aromatic rings. The van der Waals surface area contributed by atoms with Crippen LogP contribution in [0.2, 0.25) is 0 Å². The summed E-state index contributed by atoms with van der Waals surface area (Å²) in [6.07, 6.45) is 0.924. The zero-order valence-corrected chi connectivity index (χ0v) is 9.88. The van der Waals surface area contributed by atoms with Crippen molar-refractivity contribution in [2.24, 2.45) is 0 Å². The van der Waals surface area contributed by atoms with E-state index in [0.717, 1.165) is 5.39 Å². The van der Waals surface area contributed by atoms with E-state index in [0.29, 0.717) is 17.7 Å². The van der Waals surface area contributed by atoms with Crippen molar-refractivity contribution in [1.29, 1.82) is 0 Å². The second kappa shape index (κ2) is 4.59. The molecule has 1 aromatic carbocycles. The molecule has 0 aliphatic heterocycles.